The Hall–Kier alpha value is -2.37. The Morgan fingerprint density at radius 1 is 1.21 bits per heavy atom. The minimum atomic E-state index is -0.0541. The summed E-state index contributed by atoms with van der Waals surface area (Å²) in [6, 6.07) is 2.03. The van der Waals surface area contributed by atoms with Crippen molar-refractivity contribution >= 4 is 31.0 Å². The number of nitrogens with zero attached hydrogens (tertiary/aromatic N) is 6. The number of carbonyl (C=O) groups excluding carboxylic acids is 1. The lowest BCUT2D eigenvalue weighted by Gasteiger charge is -2.35. The highest BCUT2D eigenvalue weighted by Crippen LogP contribution is 2.44. The number of amides is 1. The highest BCUT2D eigenvalue weighted by molar-refractivity contribution is 7.51. The molecule has 2 atom stereocenters. The van der Waals surface area contributed by atoms with Crippen LogP contribution >= 0.6 is 8.58 Å². The van der Waals surface area contributed by atoms with E-state index in [1.807, 2.05) is 30.6 Å². The van der Waals surface area contributed by atoms with Crippen LogP contribution in [0.3, 0.4) is 0 Å². The number of piperidine rings is 1. The molecule has 0 saturated carbocycles. The molecule has 5 rings (SSSR count). The van der Waals surface area contributed by atoms with E-state index in [2.05, 4.69) is 29.1 Å². The van der Waals surface area contributed by atoms with E-state index >= 15 is 0 Å². The summed E-state index contributed by atoms with van der Waals surface area (Å²) in [5.74, 6) is 0.381. The van der Waals surface area contributed by atoms with Gasteiger partial charge in [0, 0.05) is 17.3 Å². The summed E-state index contributed by atoms with van der Waals surface area (Å²) in [5, 5.41) is 12.1. The van der Waals surface area contributed by atoms with E-state index in [9.17, 15) is 4.79 Å². The van der Waals surface area contributed by atoms with Gasteiger partial charge in [-0.3, -0.25) is 9.78 Å². The van der Waals surface area contributed by atoms with Gasteiger partial charge in [-0.25, -0.2) is 9.52 Å². The highest BCUT2D eigenvalue weighted by atomic mass is 31.1. The van der Waals surface area contributed by atoms with Crippen molar-refractivity contribution in [1.82, 2.24) is 24.5 Å². The standard InChI is InChI=1S/C21H25N6OP/c1-13-12-26-18(14(2)22-13)10-17(23-26)19-11-20(28)27-21(29-19)5-4-16(24-27)15-6-8-25(3)9-7-15/h4-5,10-12,15,21,29H,6-9H2,1-3H3. The molecule has 2 aromatic rings. The van der Waals surface area contributed by atoms with E-state index in [-0.39, 0.29) is 11.7 Å². The van der Waals surface area contributed by atoms with Crippen molar-refractivity contribution in [2.24, 2.45) is 11.0 Å². The normalized spacial score (nSPS) is 24.2. The molecule has 2 unspecified atom stereocenters. The Bertz CT molecular complexity index is 1080. The highest BCUT2D eigenvalue weighted by Gasteiger charge is 2.32. The summed E-state index contributed by atoms with van der Waals surface area (Å²) < 4.78 is 1.86. The lowest BCUT2D eigenvalue weighted by Crippen LogP contribution is -2.40. The average Bonchev–Trinajstić information content (AvgIpc) is 3.13. The number of fused-ring (bicyclic) bond motifs is 2. The van der Waals surface area contributed by atoms with Crippen molar-refractivity contribution in [3.63, 3.8) is 0 Å². The molecule has 1 amide bonds. The van der Waals surface area contributed by atoms with Crippen LogP contribution in [0.25, 0.3) is 10.8 Å². The molecule has 3 aliphatic rings. The number of aryl methyl sites for hydroxylation is 2. The van der Waals surface area contributed by atoms with Crippen LogP contribution in [-0.2, 0) is 4.79 Å². The van der Waals surface area contributed by atoms with Gasteiger partial charge in [-0.1, -0.05) is 14.7 Å². The molecule has 29 heavy (non-hydrogen) atoms. The lowest BCUT2D eigenvalue weighted by atomic mass is 9.91. The molecular formula is C21H25N6OP. The van der Waals surface area contributed by atoms with E-state index in [0.717, 1.165) is 59.6 Å². The number of hydrogen-bond acceptors (Lipinski definition) is 5. The van der Waals surface area contributed by atoms with Crippen molar-refractivity contribution in [3.05, 3.63) is 47.6 Å². The molecule has 150 valence electrons. The summed E-state index contributed by atoms with van der Waals surface area (Å²) in [7, 11) is 2.58. The molecule has 2 aromatic heterocycles. The lowest BCUT2D eigenvalue weighted by molar-refractivity contribution is -0.126. The van der Waals surface area contributed by atoms with E-state index in [0.29, 0.717) is 14.5 Å². The second-order valence-electron chi connectivity index (χ2n) is 8.12. The van der Waals surface area contributed by atoms with Crippen molar-refractivity contribution in [1.29, 1.82) is 0 Å². The van der Waals surface area contributed by atoms with E-state index in [1.165, 1.54) is 0 Å². The van der Waals surface area contributed by atoms with Crippen LogP contribution in [0.1, 0.15) is 29.9 Å². The molecule has 0 spiro atoms. The molecule has 0 radical (unpaired) electrons. The van der Waals surface area contributed by atoms with Gasteiger partial charge < -0.3 is 4.90 Å². The fourth-order valence-electron chi connectivity index (χ4n) is 4.27. The number of hydrazone groups is 1. The van der Waals surface area contributed by atoms with Gasteiger partial charge in [0.05, 0.1) is 40.3 Å². The number of hydrogen-bond donors (Lipinski definition) is 0. The Kier molecular flexibility index (Phi) is 4.60. The Balaban J connectivity index is 1.41. The third-order valence-electron chi connectivity index (χ3n) is 5.91. The Labute approximate surface area is 171 Å². The quantitative estimate of drug-likeness (QED) is 0.717. The second kappa shape index (κ2) is 7.15. The van der Waals surface area contributed by atoms with Gasteiger partial charge in [-0.15, -0.1) is 0 Å². The Morgan fingerprint density at radius 3 is 2.79 bits per heavy atom. The fraction of sp³-hybridized carbons (Fsp3) is 0.429. The van der Waals surface area contributed by atoms with Gasteiger partial charge in [0.25, 0.3) is 5.91 Å². The van der Waals surface area contributed by atoms with E-state index < -0.39 is 0 Å². The molecular weight excluding hydrogens is 383 g/mol. The van der Waals surface area contributed by atoms with Gasteiger partial charge in [0.2, 0.25) is 0 Å². The number of rotatable bonds is 2. The zero-order chi connectivity index (χ0) is 20.1. The monoisotopic (exact) mass is 408 g/mol. The van der Waals surface area contributed by atoms with Crippen molar-refractivity contribution in [2.45, 2.75) is 32.5 Å². The zero-order valence-electron chi connectivity index (χ0n) is 17.0. The average molecular weight is 408 g/mol. The molecule has 5 heterocycles. The van der Waals surface area contributed by atoms with Crippen LogP contribution < -0.4 is 0 Å². The van der Waals surface area contributed by atoms with Crippen LogP contribution in [0, 0.1) is 19.8 Å². The zero-order valence-corrected chi connectivity index (χ0v) is 18.0. The molecule has 0 N–H and O–H groups in total. The molecule has 1 saturated heterocycles. The first-order valence-electron chi connectivity index (χ1n) is 10.1. The van der Waals surface area contributed by atoms with Gasteiger partial charge in [0.1, 0.15) is 0 Å². The number of likely N-dealkylation sites (tertiary alicyclic amines) is 1. The van der Waals surface area contributed by atoms with E-state index in [4.69, 9.17) is 10.2 Å². The molecule has 3 aliphatic heterocycles. The first-order chi connectivity index (χ1) is 14.0. The third kappa shape index (κ3) is 3.43. The van der Waals surface area contributed by atoms with Crippen molar-refractivity contribution in [2.75, 3.05) is 20.1 Å². The van der Waals surface area contributed by atoms with Crippen LogP contribution in [0.5, 0.6) is 0 Å². The number of allylic oxidation sites excluding steroid dienone is 1. The first kappa shape index (κ1) is 18.6. The van der Waals surface area contributed by atoms with Crippen LogP contribution in [0.2, 0.25) is 0 Å². The molecule has 1 fully saturated rings. The van der Waals surface area contributed by atoms with E-state index in [1.54, 1.807) is 11.1 Å². The minimum Gasteiger partial charge on any atom is -0.306 e. The maximum absolute atomic E-state index is 12.9. The summed E-state index contributed by atoms with van der Waals surface area (Å²) >= 11 is 0. The van der Waals surface area contributed by atoms with Crippen LogP contribution in [-0.4, -0.2) is 62.0 Å². The maximum Gasteiger partial charge on any atom is 0.268 e. The molecule has 0 bridgehead atoms. The maximum atomic E-state index is 12.9. The number of carbonyl (C=O) groups is 1. The molecule has 7 nitrogen and oxygen atoms in total. The van der Waals surface area contributed by atoms with Gasteiger partial charge in [-0.05, 0) is 59.0 Å². The second-order valence-corrected chi connectivity index (χ2v) is 9.54. The smallest absolute Gasteiger partial charge is 0.268 e. The van der Waals surface area contributed by atoms with Crippen molar-refractivity contribution in [3.8, 4) is 0 Å². The predicted molar refractivity (Wildman–Crippen MR) is 116 cm³/mol. The number of aromatic nitrogens is 3. The Morgan fingerprint density at radius 2 is 2.00 bits per heavy atom. The van der Waals surface area contributed by atoms with Crippen LogP contribution in [0.15, 0.2) is 35.6 Å². The summed E-state index contributed by atoms with van der Waals surface area (Å²) in [4.78, 5) is 19.7. The van der Waals surface area contributed by atoms with Gasteiger partial charge >= 0.3 is 0 Å². The topological polar surface area (TPSA) is 66.1 Å². The molecule has 0 aliphatic carbocycles. The molecule has 0 aromatic carbocycles. The van der Waals surface area contributed by atoms with Crippen LogP contribution in [0.4, 0.5) is 0 Å². The third-order valence-corrected chi connectivity index (χ3v) is 7.35. The first-order valence-corrected chi connectivity index (χ1v) is 11.2. The largest absolute Gasteiger partial charge is 0.306 e. The minimum absolute atomic E-state index is 0.0108. The van der Waals surface area contributed by atoms with Gasteiger partial charge in [-0.2, -0.15) is 10.2 Å². The fourth-order valence-corrected chi connectivity index (χ4v) is 5.56. The predicted octanol–water partition coefficient (Wildman–Crippen LogP) is 2.80. The SMILES string of the molecule is Cc1cn2nc(C3=CC(=O)N4N=C(C5CCN(C)CC5)C=CC4P3)cc2c(C)n1. The summed E-state index contributed by atoms with van der Waals surface area (Å²) in [6.45, 7) is 6.12. The van der Waals surface area contributed by atoms with Crippen molar-refractivity contribution < 1.29 is 4.79 Å². The summed E-state index contributed by atoms with van der Waals surface area (Å²) in [6.07, 6.45) is 10.1. The van der Waals surface area contributed by atoms with Gasteiger partial charge in [0.15, 0.2) is 0 Å². The molecule has 8 heteroatoms. The summed E-state index contributed by atoms with van der Waals surface area (Å²) in [5.41, 5.74) is 4.76.